The van der Waals surface area contributed by atoms with E-state index in [0.717, 1.165) is 0 Å². The summed E-state index contributed by atoms with van der Waals surface area (Å²) < 4.78 is 19.4. The van der Waals surface area contributed by atoms with Crippen LogP contribution in [0.5, 0.6) is 0 Å². The third-order valence-corrected chi connectivity index (χ3v) is 6.81. The van der Waals surface area contributed by atoms with Crippen LogP contribution in [0.15, 0.2) is 59.8 Å². The first-order valence-electron chi connectivity index (χ1n) is 12.3. The number of amides is 3. The van der Waals surface area contributed by atoms with Crippen LogP contribution >= 0.6 is 11.6 Å². The van der Waals surface area contributed by atoms with Gasteiger partial charge >= 0.3 is 12.0 Å². The number of benzene rings is 2. The fourth-order valence-electron chi connectivity index (χ4n) is 4.69. The zero-order valence-electron chi connectivity index (χ0n) is 20.9. The second-order valence-electron chi connectivity index (χ2n) is 8.84. The van der Waals surface area contributed by atoms with Crippen molar-refractivity contribution in [3.8, 4) is 0 Å². The topological polar surface area (TPSA) is 82.2 Å². The lowest BCUT2D eigenvalue weighted by Gasteiger charge is -2.40. The molecule has 2 aliphatic heterocycles. The number of hydrogen-bond acceptors (Lipinski definition) is 5. The van der Waals surface area contributed by atoms with Gasteiger partial charge in [0.15, 0.2) is 0 Å². The molecular weight excluding hydrogens is 499 g/mol. The first-order chi connectivity index (χ1) is 17.8. The van der Waals surface area contributed by atoms with E-state index in [1.165, 1.54) is 17.0 Å². The van der Waals surface area contributed by atoms with Crippen LogP contribution < -0.4 is 5.32 Å². The van der Waals surface area contributed by atoms with Gasteiger partial charge in [-0.3, -0.25) is 14.6 Å². The molecule has 8 nitrogen and oxygen atoms in total. The highest BCUT2D eigenvalue weighted by Gasteiger charge is 2.38. The molecule has 2 heterocycles. The summed E-state index contributed by atoms with van der Waals surface area (Å²) in [6, 6.07) is 11.4. The molecule has 0 aromatic heterocycles. The maximum Gasteiger partial charge on any atom is 0.338 e. The summed E-state index contributed by atoms with van der Waals surface area (Å²) in [7, 11) is 0. The van der Waals surface area contributed by atoms with Gasteiger partial charge in [-0.25, -0.2) is 14.0 Å². The molecule has 0 saturated carbocycles. The van der Waals surface area contributed by atoms with Crippen LogP contribution in [0.2, 0.25) is 5.02 Å². The van der Waals surface area contributed by atoms with Crippen LogP contribution in [0, 0.1) is 5.82 Å². The molecule has 37 heavy (non-hydrogen) atoms. The van der Waals surface area contributed by atoms with Gasteiger partial charge in [0.25, 0.3) is 5.91 Å². The van der Waals surface area contributed by atoms with Crippen molar-refractivity contribution < 1.29 is 23.5 Å². The molecule has 0 unspecified atom stereocenters. The third-order valence-electron chi connectivity index (χ3n) is 6.56. The molecule has 1 saturated heterocycles. The second-order valence-corrected chi connectivity index (χ2v) is 9.27. The van der Waals surface area contributed by atoms with Crippen LogP contribution in [-0.4, -0.2) is 78.5 Å². The van der Waals surface area contributed by atoms with E-state index in [2.05, 4.69) is 10.2 Å². The van der Waals surface area contributed by atoms with Gasteiger partial charge in [0.2, 0.25) is 0 Å². The predicted octanol–water partition coefficient (Wildman–Crippen LogP) is 3.84. The van der Waals surface area contributed by atoms with Crippen LogP contribution in [0.4, 0.5) is 9.18 Å². The van der Waals surface area contributed by atoms with E-state index in [1.54, 1.807) is 48.2 Å². The summed E-state index contributed by atoms with van der Waals surface area (Å²) in [4.78, 5) is 44.5. The Morgan fingerprint density at radius 3 is 2.41 bits per heavy atom. The lowest BCUT2D eigenvalue weighted by molar-refractivity contribution is -0.139. The van der Waals surface area contributed by atoms with Crippen LogP contribution in [-0.2, 0) is 9.53 Å². The Hall–Kier alpha value is -3.43. The first-order valence-corrected chi connectivity index (χ1v) is 12.7. The fraction of sp³-hybridized carbons (Fsp3) is 0.370. The summed E-state index contributed by atoms with van der Waals surface area (Å²) in [6.45, 7) is 6.46. The number of halogens is 2. The largest absolute Gasteiger partial charge is 0.463 e. The molecule has 2 aromatic rings. The number of likely N-dealkylation sites (N-methyl/N-ethyl adjacent to an activating group) is 1. The number of hydrogen-bond donors (Lipinski definition) is 1. The highest BCUT2D eigenvalue weighted by molar-refractivity contribution is 6.30. The molecular formula is C27H30ClFN4O4. The van der Waals surface area contributed by atoms with Crippen LogP contribution in [0.25, 0.3) is 0 Å². The predicted molar refractivity (Wildman–Crippen MR) is 138 cm³/mol. The normalized spacial score (nSPS) is 18.6. The summed E-state index contributed by atoms with van der Waals surface area (Å²) in [5, 5.41) is 3.41. The Balaban J connectivity index is 1.59. The molecule has 1 atom stereocenters. The zero-order chi connectivity index (χ0) is 26.5. The number of nitrogens with zero attached hydrogens (tertiary/aromatic N) is 3. The monoisotopic (exact) mass is 528 g/mol. The van der Waals surface area contributed by atoms with Crippen molar-refractivity contribution in [3.05, 3.63) is 81.8 Å². The molecule has 1 fully saturated rings. The lowest BCUT2D eigenvalue weighted by Crippen LogP contribution is -2.53. The Bertz CT molecular complexity index is 1200. The van der Waals surface area contributed by atoms with Crippen LogP contribution in [0.3, 0.4) is 0 Å². The van der Waals surface area contributed by atoms with E-state index in [4.69, 9.17) is 16.3 Å². The Labute approximate surface area is 220 Å². The molecule has 3 amide bonds. The number of ether oxygens (including phenoxy) is 1. The van der Waals surface area contributed by atoms with E-state index in [0.29, 0.717) is 61.1 Å². The number of esters is 1. The Morgan fingerprint density at radius 2 is 1.78 bits per heavy atom. The molecule has 0 aliphatic carbocycles. The summed E-state index contributed by atoms with van der Waals surface area (Å²) >= 11 is 5.94. The molecule has 4 rings (SSSR count). The van der Waals surface area contributed by atoms with Crippen molar-refractivity contribution in [2.45, 2.75) is 19.9 Å². The molecule has 2 aromatic carbocycles. The van der Waals surface area contributed by atoms with Crippen molar-refractivity contribution in [2.24, 2.45) is 0 Å². The first kappa shape index (κ1) is 26.6. The van der Waals surface area contributed by atoms with Crippen LogP contribution in [0.1, 0.15) is 35.8 Å². The van der Waals surface area contributed by atoms with Crippen molar-refractivity contribution in [1.29, 1.82) is 0 Å². The number of urea groups is 1. The summed E-state index contributed by atoms with van der Waals surface area (Å²) in [5.41, 5.74) is 1.84. The average Bonchev–Trinajstić information content (AvgIpc) is 2.89. The van der Waals surface area contributed by atoms with Gasteiger partial charge in [0.05, 0.1) is 18.2 Å². The minimum atomic E-state index is -0.840. The number of piperazine rings is 1. The number of carbonyl (C=O) groups is 3. The molecule has 2 aliphatic rings. The van der Waals surface area contributed by atoms with E-state index < -0.39 is 17.8 Å². The van der Waals surface area contributed by atoms with Crippen molar-refractivity contribution in [3.63, 3.8) is 0 Å². The molecule has 0 spiro atoms. The number of carbonyl (C=O) groups excluding carboxylic acids is 3. The third kappa shape index (κ3) is 5.94. The summed E-state index contributed by atoms with van der Waals surface area (Å²) in [5.74, 6) is -1.08. The maximum absolute atomic E-state index is 14.1. The number of nitrogens with one attached hydrogen (secondary N) is 1. The van der Waals surface area contributed by atoms with Crippen molar-refractivity contribution in [1.82, 2.24) is 20.0 Å². The minimum Gasteiger partial charge on any atom is -0.463 e. The molecule has 10 heteroatoms. The highest BCUT2D eigenvalue weighted by atomic mass is 35.5. The van der Waals surface area contributed by atoms with E-state index >= 15 is 0 Å². The Morgan fingerprint density at radius 1 is 1.08 bits per heavy atom. The molecule has 1 N–H and O–H groups in total. The SMILES string of the molecule is CCOC(=O)C1=C(CN2CCN(C(=O)c3ccc(Cl)cc3)CC2)N(CC)C(=O)N[C@H]1c1cccc(F)c1. The standard InChI is InChI=1S/C27H30ClFN4O4/c1-3-33-22(17-31-12-14-32(15-13-31)25(34)18-8-10-20(28)11-9-18)23(26(35)37-4-2)24(30-27(33)36)19-6-5-7-21(29)16-19/h5-11,16,24H,3-4,12-15,17H2,1-2H3,(H,30,36)/t24-/m0/s1. The quantitative estimate of drug-likeness (QED) is 0.552. The van der Waals surface area contributed by atoms with Gasteiger partial charge in [-0.1, -0.05) is 23.7 Å². The lowest BCUT2D eigenvalue weighted by atomic mass is 9.94. The fourth-order valence-corrected chi connectivity index (χ4v) is 4.82. The van der Waals surface area contributed by atoms with Crippen molar-refractivity contribution >= 4 is 29.5 Å². The van der Waals surface area contributed by atoms with E-state index in [-0.39, 0.29) is 24.1 Å². The maximum atomic E-state index is 14.1. The van der Waals surface area contributed by atoms with Gasteiger partial charge in [-0.15, -0.1) is 0 Å². The molecule has 0 bridgehead atoms. The molecule has 196 valence electrons. The average molecular weight is 529 g/mol. The second kappa shape index (κ2) is 11.7. The Kier molecular flexibility index (Phi) is 8.45. The van der Waals surface area contributed by atoms with E-state index in [9.17, 15) is 18.8 Å². The molecule has 0 radical (unpaired) electrons. The highest BCUT2D eigenvalue weighted by Crippen LogP contribution is 2.32. The minimum absolute atomic E-state index is 0.0684. The van der Waals surface area contributed by atoms with E-state index in [1.807, 2.05) is 6.92 Å². The van der Waals surface area contributed by atoms with Gasteiger partial charge in [-0.2, -0.15) is 0 Å². The zero-order valence-corrected chi connectivity index (χ0v) is 21.6. The van der Waals surface area contributed by atoms with Gasteiger partial charge in [0.1, 0.15) is 5.82 Å². The number of rotatable bonds is 7. The van der Waals surface area contributed by atoms with Gasteiger partial charge in [0, 0.05) is 55.6 Å². The van der Waals surface area contributed by atoms with Gasteiger partial charge in [-0.05, 0) is 55.8 Å². The van der Waals surface area contributed by atoms with Crippen molar-refractivity contribution in [2.75, 3.05) is 45.9 Å². The van der Waals surface area contributed by atoms with Gasteiger partial charge < -0.3 is 15.0 Å². The summed E-state index contributed by atoms with van der Waals surface area (Å²) in [6.07, 6.45) is 0. The smallest absolute Gasteiger partial charge is 0.338 e.